The molecular formula is C23H16BrCl2NO2. The third-order valence-electron chi connectivity index (χ3n) is 4.14. The fourth-order valence-corrected chi connectivity index (χ4v) is 3.49. The summed E-state index contributed by atoms with van der Waals surface area (Å²) in [6, 6.07) is 20.7. The smallest absolute Gasteiger partial charge is 0.180 e. The van der Waals surface area contributed by atoms with Crippen molar-refractivity contribution in [2.24, 2.45) is 0 Å². The molecule has 0 aromatic heterocycles. The van der Waals surface area contributed by atoms with Gasteiger partial charge in [0.05, 0.1) is 23.8 Å². The Labute approximate surface area is 188 Å². The quantitative estimate of drug-likeness (QED) is 0.268. The second-order valence-corrected chi connectivity index (χ2v) is 7.83. The largest absolute Gasteiger partial charge is 0.493 e. The molecular weight excluding hydrogens is 473 g/mol. The molecule has 146 valence electrons. The molecule has 0 amide bonds. The third-order valence-corrected chi connectivity index (χ3v) is 5.28. The Morgan fingerprint density at radius 1 is 1.07 bits per heavy atom. The molecule has 0 fully saturated rings. The van der Waals surface area contributed by atoms with E-state index < -0.39 is 0 Å². The van der Waals surface area contributed by atoms with Gasteiger partial charge in [-0.2, -0.15) is 5.26 Å². The molecule has 0 N–H and O–H groups in total. The van der Waals surface area contributed by atoms with E-state index in [4.69, 9.17) is 32.7 Å². The minimum Gasteiger partial charge on any atom is -0.493 e. The molecule has 0 saturated carbocycles. The van der Waals surface area contributed by atoms with Gasteiger partial charge >= 0.3 is 0 Å². The van der Waals surface area contributed by atoms with Crippen LogP contribution in [0.2, 0.25) is 10.0 Å². The molecule has 0 aliphatic carbocycles. The van der Waals surface area contributed by atoms with Gasteiger partial charge in [-0.15, -0.1) is 0 Å². The lowest BCUT2D eigenvalue weighted by molar-refractivity contribution is 0.284. The van der Waals surface area contributed by atoms with Crippen molar-refractivity contribution in [3.8, 4) is 17.6 Å². The molecule has 0 aliphatic rings. The van der Waals surface area contributed by atoms with E-state index >= 15 is 0 Å². The highest BCUT2D eigenvalue weighted by molar-refractivity contribution is 9.10. The Morgan fingerprint density at radius 2 is 1.79 bits per heavy atom. The zero-order valence-electron chi connectivity index (χ0n) is 15.5. The highest BCUT2D eigenvalue weighted by atomic mass is 79.9. The molecule has 3 aromatic carbocycles. The van der Waals surface area contributed by atoms with Crippen molar-refractivity contribution in [1.82, 2.24) is 0 Å². The van der Waals surface area contributed by atoms with Crippen LogP contribution in [-0.2, 0) is 6.61 Å². The predicted molar refractivity (Wildman–Crippen MR) is 121 cm³/mol. The molecule has 0 unspecified atom stereocenters. The van der Waals surface area contributed by atoms with Crippen molar-refractivity contribution in [1.29, 1.82) is 5.26 Å². The van der Waals surface area contributed by atoms with Crippen LogP contribution in [0.25, 0.3) is 11.6 Å². The molecule has 0 heterocycles. The Hall–Kier alpha value is -2.45. The summed E-state index contributed by atoms with van der Waals surface area (Å²) in [6.45, 7) is 0.349. The fourth-order valence-electron chi connectivity index (χ4n) is 2.72. The molecule has 29 heavy (non-hydrogen) atoms. The summed E-state index contributed by atoms with van der Waals surface area (Å²) in [6.07, 6.45) is 1.72. The Balaban J connectivity index is 1.90. The number of nitriles is 1. The Morgan fingerprint density at radius 3 is 2.45 bits per heavy atom. The van der Waals surface area contributed by atoms with E-state index in [2.05, 4.69) is 22.0 Å². The highest BCUT2D eigenvalue weighted by Crippen LogP contribution is 2.38. The van der Waals surface area contributed by atoms with Gasteiger partial charge in [0.1, 0.15) is 6.61 Å². The van der Waals surface area contributed by atoms with E-state index in [-0.39, 0.29) is 0 Å². The molecule has 6 heteroatoms. The van der Waals surface area contributed by atoms with Gasteiger partial charge in [-0.25, -0.2) is 0 Å². The first-order valence-corrected chi connectivity index (χ1v) is 10.2. The summed E-state index contributed by atoms with van der Waals surface area (Å²) >= 11 is 16.1. The summed E-state index contributed by atoms with van der Waals surface area (Å²) in [7, 11) is 1.55. The first kappa shape index (κ1) is 21.3. The SMILES string of the molecule is COc1cc(C=C(C#N)c2ccccc2Cl)cc(Cl)c1OCc1ccc(Br)cc1. The van der Waals surface area contributed by atoms with Crippen molar-refractivity contribution in [2.45, 2.75) is 6.61 Å². The first-order chi connectivity index (χ1) is 14.0. The molecule has 0 atom stereocenters. The normalized spacial score (nSPS) is 11.1. The third kappa shape index (κ3) is 5.33. The minimum absolute atomic E-state index is 0.349. The maximum absolute atomic E-state index is 9.58. The molecule has 0 radical (unpaired) electrons. The van der Waals surface area contributed by atoms with E-state index in [0.29, 0.717) is 44.9 Å². The van der Waals surface area contributed by atoms with Gasteiger partial charge in [0, 0.05) is 15.1 Å². The van der Waals surface area contributed by atoms with Crippen LogP contribution < -0.4 is 9.47 Å². The number of hydrogen-bond donors (Lipinski definition) is 0. The summed E-state index contributed by atoms with van der Waals surface area (Å²) in [4.78, 5) is 0. The average molecular weight is 489 g/mol. The molecule has 0 aliphatic heterocycles. The Kier molecular flexibility index (Phi) is 7.22. The summed E-state index contributed by atoms with van der Waals surface area (Å²) < 4.78 is 12.4. The number of halogens is 3. The van der Waals surface area contributed by atoms with Crippen LogP contribution >= 0.6 is 39.1 Å². The summed E-state index contributed by atoms with van der Waals surface area (Å²) in [5, 5.41) is 10.5. The minimum atomic E-state index is 0.349. The van der Waals surface area contributed by atoms with Crippen molar-refractivity contribution >= 4 is 50.8 Å². The van der Waals surface area contributed by atoms with Gasteiger partial charge < -0.3 is 9.47 Å². The van der Waals surface area contributed by atoms with Crippen LogP contribution in [0.3, 0.4) is 0 Å². The lowest BCUT2D eigenvalue weighted by Gasteiger charge is -2.14. The second kappa shape index (κ2) is 9.84. The number of benzene rings is 3. The van der Waals surface area contributed by atoms with Crippen LogP contribution in [0.15, 0.2) is 65.1 Å². The summed E-state index contributed by atoms with van der Waals surface area (Å²) in [5.74, 6) is 0.933. The zero-order chi connectivity index (χ0) is 20.8. The molecule has 0 spiro atoms. The maximum Gasteiger partial charge on any atom is 0.180 e. The van der Waals surface area contributed by atoms with E-state index in [1.54, 1.807) is 37.5 Å². The van der Waals surface area contributed by atoms with Crippen molar-refractivity contribution in [3.63, 3.8) is 0 Å². The number of hydrogen-bond acceptors (Lipinski definition) is 3. The van der Waals surface area contributed by atoms with Crippen LogP contribution in [0, 0.1) is 11.3 Å². The average Bonchev–Trinajstić information content (AvgIpc) is 2.72. The lowest BCUT2D eigenvalue weighted by Crippen LogP contribution is -1.99. The molecule has 3 rings (SSSR count). The van der Waals surface area contributed by atoms with E-state index in [9.17, 15) is 5.26 Å². The van der Waals surface area contributed by atoms with Crippen LogP contribution in [0.1, 0.15) is 16.7 Å². The monoisotopic (exact) mass is 487 g/mol. The fraction of sp³-hybridized carbons (Fsp3) is 0.0870. The zero-order valence-corrected chi connectivity index (χ0v) is 18.6. The van der Waals surface area contributed by atoms with Gasteiger partial charge in [-0.3, -0.25) is 0 Å². The van der Waals surface area contributed by atoms with Crippen molar-refractivity contribution in [2.75, 3.05) is 7.11 Å². The molecule has 0 bridgehead atoms. The first-order valence-electron chi connectivity index (χ1n) is 8.63. The van der Waals surface area contributed by atoms with Gasteiger partial charge in [0.15, 0.2) is 11.5 Å². The van der Waals surface area contributed by atoms with Gasteiger partial charge in [-0.1, -0.05) is 69.5 Å². The number of rotatable bonds is 6. The van der Waals surface area contributed by atoms with Gasteiger partial charge in [0.2, 0.25) is 0 Å². The standard InChI is InChI=1S/C23H16BrCl2NO2/c1-28-22-12-16(10-17(13-27)19-4-2-3-5-20(19)25)11-21(26)23(22)29-14-15-6-8-18(24)9-7-15/h2-12H,14H2,1H3. The number of nitrogens with zero attached hydrogens (tertiary/aromatic N) is 1. The topological polar surface area (TPSA) is 42.2 Å². The van der Waals surface area contributed by atoms with Crippen LogP contribution in [0.4, 0.5) is 0 Å². The van der Waals surface area contributed by atoms with Gasteiger partial charge in [0.25, 0.3) is 0 Å². The highest BCUT2D eigenvalue weighted by Gasteiger charge is 2.13. The second-order valence-electron chi connectivity index (χ2n) is 6.10. The van der Waals surface area contributed by atoms with E-state index in [1.807, 2.05) is 36.4 Å². The van der Waals surface area contributed by atoms with E-state index in [1.165, 1.54) is 0 Å². The Bertz CT molecular complexity index is 1090. The molecule has 3 aromatic rings. The number of ether oxygens (including phenoxy) is 2. The van der Waals surface area contributed by atoms with Crippen molar-refractivity contribution in [3.05, 3.63) is 91.9 Å². The molecule has 3 nitrogen and oxygen atoms in total. The number of allylic oxidation sites excluding steroid dienone is 1. The maximum atomic E-state index is 9.58. The van der Waals surface area contributed by atoms with Crippen LogP contribution in [-0.4, -0.2) is 7.11 Å². The van der Waals surface area contributed by atoms with Crippen molar-refractivity contribution < 1.29 is 9.47 Å². The van der Waals surface area contributed by atoms with Crippen LogP contribution in [0.5, 0.6) is 11.5 Å². The molecule has 0 saturated heterocycles. The number of methoxy groups -OCH3 is 1. The lowest BCUT2D eigenvalue weighted by atomic mass is 10.0. The van der Waals surface area contributed by atoms with E-state index in [0.717, 1.165) is 10.0 Å². The summed E-state index contributed by atoms with van der Waals surface area (Å²) in [5.41, 5.74) is 2.79. The van der Waals surface area contributed by atoms with Gasteiger partial charge in [-0.05, 0) is 47.5 Å². The predicted octanol–water partition coefficient (Wildman–Crippen LogP) is 7.41.